The molecule has 0 aromatic carbocycles. The van der Waals surface area contributed by atoms with Crippen molar-refractivity contribution in [3.05, 3.63) is 12.2 Å². The van der Waals surface area contributed by atoms with E-state index in [1.807, 2.05) is 0 Å². The van der Waals surface area contributed by atoms with Crippen molar-refractivity contribution in [3.63, 3.8) is 0 Å². The lowest BCUT2D eigenvalue weighted by atomic mass is 9.91. The second-order valence-electron chi connectivity index (χ2n) is 8.18. The third kappa shape index (κ3) is 5.81. The van der Waals surface area contributed by atoms with Gasteiger partial charge in [0.1, 0.15) is 18.3 Å². The van der Waals surface area contributed by atoms with Gasteiger partial charge in [0.25, 0.3) is 0 Å². The van der Waals surface area contributed by atoms with Crippen molar-refractivity contribution in [2.45, 2.75) is 82.2 Å². The first-order chi connectivity index (χ1) is 14.7. The number of carbonyl (C=O) groups is 1. The molecule has 3 heterocycles. The molecule has 3 saturated heterocycles. The number of aliphatic hydroxyl groups is 4. The Balaban J connectivity index is 1.49. The summed E-state index contributed by atoms with van der Waals surface area (Å²) >= 11 is 0. The van der Waals surface area contributed by atoms with Gasteiger partial charge in [0.05, 0.1) is 38.1 Å². The largest absolute Gasteiger partial charge is 0.462 e. The minimum atomic E-state index is -1.33. The van der Waals surface area contributed by atoms with Gasteiger partial charge in [0, 0.05) is 24.3 Å². The van der Waals surface area contributed by atoms with Gasteiger partial charge in [-0.3, -0.25) is 0 Å². The Morgan fingerprint density at radius 2 is 1.90 bits per heavy atom. The number of hydrogen-bond acceptors (Lipinski definition) is 11. The summed E-state index contributed by atoms with van der Waals surface area (Å²) in [5, 5.41) is 40.4. The van der Waals surface area contributed by atoms with E-state index in [-0.39, 0.29) is 32.7 Å². The van der Waals surface area contributed by atoms with E-state index in [0.717, 1.165) is 0 Å². The summed E-state index contributed by atoms with van der Waals surface area (Å²) in [5.41, 5.74) is 0.298. The molecular weight excluding hydrogens is 416 g/mol. The first kappa shape index (κ1) is 24.5. The van der Waals surface area contributed by atoms with Crippen LogP contribution in [0, 0.1) is 5.92 Å². The molecule has 3 rings (SSSR count). The van der Waals surface area contributed by atoms with Gasteiger partial charge in [-0.1, -0.05) is 13.5 Å². The molecule has 0 aromatic rings. The maximum atomic E-state index is 11.4. The number of aliphatic hydroxyl groups excluding tert-OH is 4. The molecular formula is C20H32O11. The average Bonchev–Trinajstić information content (AvgIpc) is 2.74. The smallest absolute Gasteiger partial charge is 0.333 e. The second-order valence-corrected chi connectivity index (χ2v) is 8.18. The van der Waals surface area contributed by atoms with Gasteiger partial charge < -0.3 is 48.8 Å². The fourth-order valence-corrected chi connectivity index (χ4v) is 3.79. The standard InChI is InChI=1S/C20H32O11/c1-9(2)19(25)26-5-4-14-27-8-13-18(30-14)11(22)6-15(28-13)31-20-17(24)16(23)10(3)12(7-21)29-20/h10-18,20-24H,1,4-8H2,2-3H3/t10?,11-,12-,13-,14?,15-,16?,17?,18+,20?/m1/s1. The Hall–Kier alpha value is -1.15. The Bertz CT molecular complexity index is 626. The van der Waals surface area contributed by atoms with Crippen LogP contribution in [0.15, 0.2) is 12.2 Å². The molecule has 0 bridgehead atoms. The topological polar surface area (TPSA) is 153 Å². The molecule has 0 radical (unpaired) electrons. The van der Waals surface area contributed by atoms with Crippen LogP contribution in [0.5, 0.6) is 0 Å². The van der Waals surface area contributed by atoms with E-state index in [4.69, 9.17) is 28.4 Å². The Kier molecular flexibility index (Phi) is 8.41. The van der Waals surface area contributed by atoms with Gasteiger partial charge in [-0.2, -0.15) is 0 Å². The molecule has 3 aliphatic heterocycles. The van der Waals surface area contributed by atoms with E-state index in [2.05, 4.69) is 6.58 Å². The van der Waals surface area contributed by atoms with Crippen molar-refractivity contribution in [1.29, 1.82) is 0 Å². The zero-order chi connectivity index (χ0) is 22.7. The number of hydrogen-bond donors (Lipinski definition) is 4. The molecule has 3 aliphatic rings. The van der Waals surface area contributed by atoms with Gasteiger partial charge in [-0.05, 0) is 6.92 Å². The molecule has 0 aliphatic carbocycles. The van der Waals surface area contributed by atoms with Crippen molar-refractivity contribution < 1.29 is 53.6 Å². The number of ether oxygens (including phenoxy) is 6. The first-order valence-corrected chi connectivity index (χ1v) is 10.4. The molecule has 178 valence electrons. The third-order valence-electron chi connectivity index (χ3n) is 5.73. The highest BCUT2D eigenvalue weighted by Gasteiger charge is 2.47. The van der Waals surface area contributed by atoms with E-state index in [1.54, 1.807) is 13.8 Å². The molecule has 31 heavy (non-hydrogen) atoms. The van der Waals surface area contributed by atoms with Crippen LogP contribution in [0.2, 0.25) is 0 Å². The number of fused-ring (bicyclic) bond motifs is 1. The molecule has 4 N–H and O–H groups in total. The van der Waals surface area contributed by atoms with Crippen molar-refractivity contribution in [1.82, 2.24) is 0 Å². The van der Waals surface area contributed by atoms with Crippen LogP contribution in [0.4, 0.5) is 0 Å². The van der Waals surface area contributed by atoms with Crippen LogP contribution in [0.25, 0.3) is 0 Å². The summed E-state index contributed by atoms with van der Waals surface area (Å²) in [4.78, 5) is 11.4. The Morgan fingerprint density at radius 3 is 2.58 bits per heavy atom. The second kappa shape index (κ2) is 10.6. The molecule has 3 fully saturated rings. The lowest BCUT2D eigenvalue weighted by Gasteiger charge is -2.46. The zero-order valence-corrected chi connectivity index (χ0v) is 17.7. The molecule has 0 amide bonds. The number of esters is 1. The molecule has 5 unspecified atom stereocenters. The average molecular weight is 448 g/mol. The van der Waals surface area contributed by atoms with Gasteiger partial charge >= 0.3 is 5.97 Å². The summed E-state index contributed by atoms with van der Waals surface area (Å²) in [7, 11) is 0. The van der Waals surface area contributed by atoms with E-state index >= 15 is 0 Å². The monoisotopic (exact) mass is 448 g/mol. The first-order valence-electron chi connectivity index (χ1n) is 10.4. The van der Waals surface area contributed by atoms with Gasteiger partial charge in [0.15, 0.2) is 18.9 Å². The molecule has 10 atom stereocenters. The minimum absolute atomic E-state index is 0.0422. The van der Waals surface area contributed by atoms with Crippen LogP contribution >= 0.6 is 0 Å². The van der Waals surface area contributed by atoms with Crippen LogP contribution < -0.4 is 0 Å². The van der Waals surface area contributed by atoms with Gasteiger partial charge in [0.2, 0.25) is 0 Å². The fourth-order valence-electron chi connectivity index (χ4n) is 3.79. The zero-order valence-electron chi connectivity index (χ0n) is 17.7. The summed E-state index contributed by atoms with van der Waals surface area (Å²) in [5.74, 6) is -0.973. The molecule has 0 saturated carbocycles. The molecule has 0 aromatic heterocycles. The Morgan fingerprint density at radius 1 is 1.16 bits per heavy atom. The lowest BCUT2D eigenvalue weighted by Crippen LogP contribution is -2.60. The molecule has 0 spiro atoms. The summed E-state index contributed by atoms with van der Waals surface area (Å²) in [6.45, 7) is 6.58. The minimum Gasteiger partial charge on any atom is -0.462 e. The van der Waals surface area contributed by atoms with E-state index < -0.39 is 67.4 Å². The van der Waals surface area contributed by atoms with E-state index in [0.29, 0.717) is 5.57 Å². The van der Waals surface area contributed by atoms with Gasteiger partial charge in [-0.15, -0.1) is 0 Å². The predicted molar refractivity (Wildman–Crippen MR) is 102 cm³/mol. The van der Waals surface area contributed by atoms with Crippen LogP contribution in [-0.4, -0.2) is 102 Å². The summed E-state index contributed by atoms with van der Waals surface area (Å²) < 4.78 is 33.4. The third-order valence-corrected chi connectivity index (χ3v) is 5.73. The SMILES string of the molecule is C=C(C)C(=O)OCCC1OC[C@H]2O[C@H](OC3O[C@H](CO)C(C)C(O)C3O)C[C@@H](O)[C@@H]2O1. The number of carbonyl (C=O) groups excluding carboxylic acids is 1. The summed E-state index contributed by atoms with van der Waals surface area (Å²) in [6.07, 6.45) is -7.90. The van der Waals surface area contributed by atoms with Gasteiger partial charge in [-0.25, -0.2) is 4.79 Å². The van der Waals surface area contributed by atoms with E-state index in [1.165, 1.54) is 0 Å². The maximum absolute atomic E-state index is 11.4. The number of rotatable bonds is 7. The van der Waals surface area contributed by atoms with Crippen molar-refractivity contribution in [2.75, 3.05) is 19.8 Å². The highest BCUT2D eigenvalue weighted by molar-refractivity contribution is 5.86. The van der Waals surface area contributed by atoms with E-state index in [9.17, 15) is 25.2 Å². The molecule has 11 nitrogen and oxygen atoms in total. The summed E-state index contributed by atoms with van der Waals surface area (Å²) in [6, 6.07) is 0. The van der Waals surface area contributed by atoms with Crippen molar-refractivity contribution in [3.8, 4) is 0 Å². The fraction of sp³-hybridized carbons (Fsp3) is 0.850. The van der Waals surface area contributed by atoms with Crippen LogP contribution in [-0.2, 0) is 33.2 Å². The highest BCUT2D eigenvalue weighted by Crippen LogP contribution is 2.32. The quantitative estimate of drug-likeness (QED) is 0.274. The van der Waals surface area contributed by atoms with Crippen molar-refractivity contribution >= 4 is 5.97 Å². The molecule has 11 heteroatoms. The van der Waals surface area contributed by atoms with Crippen LogP contribution in [0.3, 0.4) is 0 Å². The predicted octanol–water partition coefficient (Wildman–Crippen LogP) is -1.20. The normalized spacial score (nSPS) is 43.2. The van der Waals surface area contributed by atoms with Crippen LogP contribution in [0.1, 0.15) is 26.7 Å². The lowest BCUT2D eigenvalue weighted by molar-refractivity contribution is -0.376. The maximum Gasteiger partial charge on any atom is 0.333 e. The van der Waals surface area contributed by atoms with Crippen molar-refractivity contribution in [2.24, 2.45) is 5.92 Å². The Labute approximate surface area is 180 Å². The highest BCUT2D eigenvalue weighted by atomic mass is 16.8.